The van der Waals surface area contributed by atoms with Crippen molar-refractivity contribution in [1.29, 1.82) is 0 Å². The maximum atomic E-state index is 12.5. The summed E-state index contributed by atoms with van der Waals surface area (Å²) in [7, 11) is 0. The minimum absolute atomic E-state index is 0.135. The Morgan fingerprint density at radius 3 is 2.76 bits per heavy atom. The van der Waals surface area contributed by atoms with Crippen LogP contribution in [0.1, 0.15) is 37.7 Å². The van der Waals surface area contributed by atoms with Crippen LogP contribution in [0.15, 0.2) is 18.3 Å². The van der Waals surface area contributed by atoms with Crippen LogP contribution in [0, 0.1) is 5.92 Å². The van der Waals surface area contributed by atoms with E-state index in [0.717, 1.165) is 44.7 Å². The molecule has 0 aromatic carbocycles. The Morgan fingerprint density at radius 1 is 1.32 bits per heavy atom. The average Bonchev–Trinajstić information content (AvgIpc) is 3.26. The Bertz CT molecular complexity index is 686. The molecule has 1 aromatic rings. The van der Waals surface area contributed by atoms with E-state index in [1.54, 1.807) is 12.3 Å². The lowest BCUT2D eigenvalue weighted by molar-refractivity contribution is -0.134. The second kappa shape index (κ2) is 7.87. The number of anilines is 1. The van der Waals surface area contributed by atoms with Crippen LogP contribution in [0.3, 0.4) is 0 Å². The summed E-state index contributed by atoms with van der Waals surface area (Å²) in [5.74, 6) is 0.0430. The van der Waals surface area contributed by atoms with Gasteiger partial charge in [-0.25, -0.2) is 9.78 Å². The number of amides is 1. The topological polar surface area (TPSA) is 82.5 Å². The van der Waals surface area contributed by atoms with Crippen molar-refractivity contribution in [2.24, 2.45) is 5.92 Å². The zero-order valence-corrected chi connectivity index (χ0v) is 14.7. The highest BCUT2D eigenvalue weighted by molar-refractivity contribution is 6.33. The van der Waals surface area contributed by atoms with Crippen molar-refractivity contribution < 1.29 is 14.7 Å². The zero-order valence-electron chi connectivity index (χ0n) is 13.9. The molecule has 0 unspecified atom stereocenters. The minimum atomic E-state index is -1.02. The van der Waals surface area contributed by atoms with Crippen molar-refractivity contribution >= 4 is 35.4 Å². The molecule has 1 atom stereocenters. The van der Waals surface area contributed by atoms with Crippen LogP contribution in [0.4, 0.5) is 5.82 Å². The summed E-state index contributed by atoms with van der Waals surface area (Å²) in [6.07, 6.45) is 9.30. The molecule has 2 fully saturated rings. The van der Waals surface area contributed by atoms with Crippen molar-refractivity contribution in [3.8, 4) is 0 Å². The number of carboxylic acids is 1. The first-order valence-corrected chi connectivity index (χ1v) is 9.02. The van der Waals surface area contributed by atoms with Gasteiger partial charge in [-0.05, 0) is 37.0 Å². The molecule has 134 valence electrons. The van der Waals surface area contributed by atoms with Gasteiger partial charge in [-0.3, -0.25) is 4.79 Å². The first-order valence-electron chi connectivity index (χ1n) is 8.65. The smallest absolute Gasteiger partial charge is 0.328 e. The molecule has 2 aliphatic rings. The van der Waals surface area contributed by atoms with Gasteiger partial charge >= 0.3 is 5.97 Å². The molecule has 1 aliphatic carbocycles. The fraction of sp³-hybridized carbons (Fsp3) is 0.500. The van der Waals surface area contributed by atoms with Gasteiger partial charge in [-0.1, -0.05) is 24.4 Å². The number of aromatic nitrogens is 1. The van der Waals surface area contributed by atoms with Crippen molar-refractivity contribution in [2.75, 3.05) is 18.4 Å². The van der Waals surface area contributed by atoms with Gasteiger partial charge in [-0.15, -0.1) is 0 Å². The third-order valence-corrected chi connectivity index (χ3v) is 5.11. The predicted molar refractivity (Wildman–Crippen MR) is 96.5 cm³/mol. The summed E-state index contributed by atoms with van der Waals surface area (Å²) < 4.78 is 0. The van der Waals surface area contributed by atoms with E-state index < -0.39 is 5.97 Å². The molecule has 2 N–H and O–H groups in total. The molecule has 1 saturated carbocycles. The second-order valence-electron chi connectivity index (χ2n) is 6.67. The SMILES string of the molecule is O=C(O)C=Cc1cnc(N[C@@H]2CCN(C(=O)C3CCCC3)C2)c(Cl)c1. The van der Waals surface area contributed by atoms with E-state index >= 15 is 0 Å². The molecule has 6 nitrogen and oxygen atoms in total. The van der Waals surface area contributed by atoms with Gasteiger partial charge < -0.3 is 15.3 Å². The summed E-state index contributed by atoms with van der Waals surface area (Å²) in [6.45, 7) is 1.44. The van der Waals surface area contributed by atoms with Crippen LogP contribution >= 0.6 is 11.6 Å². The first kappa shape index (κ1) is 17.7. The molecular weight excluding hydrogens is 342 g/mol. The number of nitrogens with zero attached hydrogens (tertiary/aromatic N) is 2. The maximum Gasteiger partial charge on any atom is 0.328 e. The molecule has 2 heterocycles. The Labute approximate surface area is 151 Å². The molecule has 1 aromatic heterocycles. The number of carboxylic acid groups (broad SMARTS) is 1. The molecular formula is C18H22ClN3O3. The van der Waals surface area contributed by atoms with Gasteiger partial charge in [0.2, 0.25) is 5.91 Å². The average molecular weight is 364 g/mol. The lowest BCUT2D eigenvalue weighted by Gasteiger charge is -2.21. The number of aliphatic carboxylic acids is 1. The highest BCUT2D eigenvalue weighted by Gasteiger charge is 2.32. The normalized spacial score (nSPS) is 21.2. The van der Waals surface area contributed by atoms with Gasteiger partial charge in [0.05, 0.1) is 5.02 Å². The fourth-order valence-electron chi connectivity index (χ4n) is 3.52. The van der Waals surface area contributed by atoms with Crippen LogP contribution in [-0.2, 0) is 9.59 Å². The fourth-order valence-corrected chi connectivity index (χ4v) is 3.75. The van der Waals surface area contributed by atoms with Crippen LogP contribution in [0.2, 0.25) is 5.02 Å². The lowest BCUT2D eigenvalue weighted by atomic mass is 10.1. The van der Waals surface area contributed by atoms with Crippen molar-refractivity contribution in [2.45, 2.75) is 38.1 Å². The summed E-state index contributed by atoms with van der Waals surface area (Å²) in [6, 6.07) is 1.81. The number of hydrogen-bond acceptors (Lipinski definition) is 4. The molecule has 0 spiro atoms. The van der Waals surface area contributed by atoms with Gasteiger partial charge in [-0.2, -0.15) is 0 Å². The van der Waals surface area contributed by atoms with Gasteiger partial charge in [0.15, 0.2) is 0 Å². The second-order valence-corrected chi connectivity index (χ2v) is 7.07. The third kappa shape index (κ3) is 4.51. The summed E-state index contributed by atoms with van der Waals surface area (Å²) in [4.78, 5) is 29.3. The molecule has 3 rings (SSSR count). The Hall–Kier alpha value is -2.08. The van der Waals surface area contributed by atoms with Crippen LogP contribution in [0.25, 0.3) is 6.08 Å². The molecule has 0 bridgehead atoms. The van der Waals surface area contributed by atoms with E-state index in [-0.39, 0.29) is 17.9 Å². The van der Waals surface area contributed by atoms with Gasteiger partial charge in [0.1, 0.15) is 5.82 Å². The molecule has 7 heteroatoms. The van der Waals surface area contributed by atoms with Crippen LogP contribution in [0.5, 0.6) is 0 Å². The Balaban J connectivity index is 1.57. The van der Waals surface area contributed by atoms with Crippen LogP contribution < -0.4 is 5.32 Å². The number of halogens is 1. The van der Waals surface area contributed by atoms with E-state index in [1.165, 1.54) is 6.08 Å². The number of hydrogen-bond donors (Lipinski definition) is 2. The standard InChI is InChI=1S/C18H22ClN3O3/c19-15-9-12(5-6-16(23)24)10-20-17(15)21-14-7-8-22(11-14)18(25)13-3-1-2-4-13/h5-6,9-10,13-14H,1-4,7-8,11H2,(H,20,21)(H,23,24)/t14-/m1/s1. The third-order valence-electron chi connectivity index (χ3n) is 4.83. The predicted octanol–water partition coefficient (Wildman–Crippen LogP) is 3.04. The maximum absolute atomic E-state index is 12.5. The lowest BCUT2D eigenvalue weighted by Crippen LogP contribution is -2.35. The largest absolute Gasteiger partial charge is 0.478 e. The van der Waals surface area contributed by atoms with E-state index in [1.807, 2.05) is 4.90 Å². The van der Waals surface area contributed by atoms with Crippen molar-refractivity contribution in [1.82, 2.24) is 9.88 Å². The van der Waals surface area contributed by atoms with Crippen molar-refractivity contribution in [3.63, 3.8) is 0 Å². The van der Waals surface area contributed by atoms with E-state index in [0.29, 0.717) is 22.9 Å². The monoisotopic (exact) mass is 363 g/mol. The quantitative estimate of drug-likeness (QED) is 0.786. The molecule has 25 heavy (non-hydrogen) atoms. The van der Waals surface area contributed by atoms with E-state index in [4.69, 9.17) is 16.7 Å². The highest BCUT2D eigenvalue weighted by Crippen LogP contribution is 2.29. The van der Waals surface area contributed by atoms with Gasteiger partial charge in [0, 0.05) is 37.3 Å². The van der Waals surface area contributed by atoms with Crippen molar-refractivity contribution in [3.05, 3.63) is 28.9 Å². The molecule has 1 amide bonds. The van der Waals surface area contributed by atoms with Gasteiger partial charge in [0.25, 0.3) is 0 Å². The van der Waals surface area contributed by atoms with Crippen LogP contribution in [-0.4, -0.2) is 46.0 Å². The zero-order chi connectivity index (χ0) is 17.8. The van der Waals surface area contributed by atoms with E-state index in [2.05, 4.69) is 10.3 Å². The summed E-state index contributed by atoms with van der Waals surface area (Å²) in [5.41, 5.74) is 0.627. The minimum Gasteiger partial charge on any atom is -0.478 e. The Morgan fingerprint density at radius 2 is 2.08 bits per heavy atom. The highest BCUT2D eigenvalue weighted by atomic mass is 35.5. The molecule has 1 aliphatic heterocycles. The first-order chi connectivity index (χ1) is 12.0. The van der Waals surface area contributed by atoms with E-state index in [9.17, 15) is 9.59 Å². The number of nitrogens with one attached hydrogen (secondary N) is 1. The number of likely N-dealkylation sites (tertiary alicyclic amines) is 1. The molecule has 0 radical (unpaired) electrons. The Kier molecular flexibility index (Phi) is 5.58. The number of rotatable bonds is 5. The molecule has 1 saturated heterocycles. The number of carbonyl (C=O) groups is 2. The number of carbonyl (C=O) groups excluding carboxylic acids is 1. The summed E-state index contributed by atoms with van der Waals surface area (Å²) in [5, 5.41) is 12.4. The number of pyridine rings is 1. The summed E-state index contributed by atoms with van der Waals surface area (Å²) >= 11 is 6.24.